The fraction of sp³-hybridized carbons (Fsp3) is 0.462. The number of rotatable bonds is 7. The summed E-state index contributed by atoms with van der Waals surface area (Å²) in [6.45, 7) is 2.39. The summed E-state index contributed by atoms with van der Waals surface area (Å²) < 4.78 is 26.0. The largest absolute Gasteiger partial charge is 0.396 e. The minimum atomic E-state index is -3.52. The highest BCUT2D eigenvalue weighted by Crippen LogP contribution is 2.16. The Kier molecular flexibility index (Phi) is 5.96. The topological polar surface area (TPSA) is 81.4 Å². The van der Waals surface area contributed by atoms with Gasteiger partial charge in [-0.3, -0.25) is 0 Å². The first-order valence-corrected chi connectivity index (χ1v) is 7.57. The lowest BCUT2D eigenvalue weighted by molar-refractivity contribution is 0.271. The molecule has 1 N–H and O–H groups in total. The van der Waals surface area contributed by atoms with E-state index in [-0.39, 0.29) is 17.9 Å². The summed E-state index contributed by atoms with van der Waals surface area (Å²) >= 11 is 0. The third-order valence-electron chi connectivity index (χ3n) is 2.76. The van der Waals surface area contributed by atoms with Crippen LogP contribution in [0.15, 0.2) is 29.2 Å². The first kappa shape index (κ1) is 15.6. The monoisotopic (exact) mass is 282 g/mol. The van der Waals surface area contributed by atoms with Gasteiger partial charge in [-0.25, -0.2) is 8.42 Å². The highest BCUT2D eigenvalue weighted by molar-refractivity contribution is 7.89. The number of aliphatic hydroxyl groups is 1. The van der Waals surface area contributed by atoms with Gasteiger partial charge in [-0.05, 0) is 24.1 Å². The van der Waals surface area contributed by atoms with Crippen LogP contribution in [-0.2, 0) is 16.4 Å². The second-order valence-corrected chi connectivity index (χ2v) is 5.99. The van der Waals surface area contributed by atoms with Crippen molar-refractivity contribution in [2.75, 3.05) is 19.7 Å². The highest BCUT2D eigenvalue weighted by Gasteiger charge is 2.22. The van der Waals surface area contributed by atoms with Gasteiger partial charge in [-0.2, -0.15) is 9.57 Å². The quantitative estimate of drug-likeness (QED) is 0.813. The third-order valence-corrected chi connectivity index (χ3v) is 4.75. The summed E-state index contributed by atoms with van der Waals surface area (Å²) in [5.41, 5.74) is 0.792. The van der Waals surface area contributed by atoms with Crippen LogP contribution in [0.3, 0.4) is 0 Å². The summed E-state index contributed by atoms with van der Waals surface area (Å²) in [7, 11) is -3.52. The van der Waals surface area contributed by atoms with E-state index in [1.807, 2.05) is 6.07 Å². The third kappa shape index (κ3) is 4.03. The molecule has 0 fully saturated rings. The van der Waals surface area contributed by atoms with E-state index in [2.05, 4.69) is 0 Å². The van der Waals surface area contributed by atoms with Crippen molar-refractivity contribution in [1.82, 2.24) is 4.31 Å². The maximum Gasteiger partial charge on any atom is 0.243 e. The Morgan fingerprint density at radius 3 is 2.42 bits per heavy atom. The van der Waals surface area contributed by atoms with Crippen LogP contribution in [0.2, 0.25) is 0 Å². The van der Waals surface area contributed by atoms with Gasteiger partial charge in [0.15, 0.2) is 0 Å². The van der Waals surface area contributed by atoms with E-state index in [0.29, 0.717) is 19.5 Å². The minimum Gasteiger partial charge on any atom is -0.396 e. The molecule has 5 nitrogen and oxygen atoms in total. The molecule has 0 amide bonds. The number of nitriles is 1. The number of hydrogen-bond donors (Lipinski definition) is 1. The lowest BCUT2D eigenvalue weighted by atomic mass is 10.2. The Morgan fingerprint density at radius 1 is 1.32 bits per heavy atom. The first-order chi connectivity index (χ1) is 9.06. The molecule has 104 valence electrons. The Bertz CT molecular complexity index is 532. The number of hydrogen-bond acceptors (Lipinski definition) is 4. The molecule has 0 heterocycles. The Balaban J connectivity index is 2.95. The summed E-state index contributed by atoms with van der Waals surface area (Å²) in [6, 6.07) is 8.35. The molecule has 0 bridgehead atoms. The smallest absolute Gasteiger partial charge is 0.243 e. The molecule has 0 radical (unpaired) electrons. The fourth-order valence-corrected chi connectivity index (χ4v) is 3.20. The van der Waals surface area contributed by atoms with Gasteiger partial charge in [0.1, 0.15) is 0 Å². The molecule has 6 heteroatoms. The fourth-order valence-electron chi connectivity index (χ4n) is 1.71. The van der Waals surface area contributed by atoms with Crippen molar-refractivity contribution in [3.63, 3.8) is 0 Å². The second kappa shape index (κ2) is 7.24. The number of nitrogens with zero attached hydrogens (tertiary/aromatic N) is 2. The summed E-state index contributed by atoms with van der Waals surface area (Å²) in [5, 5.41) is 17.4. The van der Waals surface area contributed by atoms with E-state index in [9.17, 15) is 8.42 Å². The zero-order valence-corrected chi connectivity index (χ0v) is 11.7. The van der Waals surface area contributed by atoms with Crippen molar-refractivity contribution in [3.05, 3.63) is 29.8 Å². The maximum absolute atomic E-state index is 12.3. The predicted molar refractivity (Wildman–Crippen MR) is 71.9 cm³/mol. The maximum atomic E-state index is 12.3. The molecule has 0 aliphatic heterocycles. The number of sulfonamides is 1. The van der Waals surface area contributed by atoms with Crippen molar-refractivity contribution in [2.45, 2.75) is 24.7 Å². The van der Waals surface area contributed by atoms with Gasteiger partial charge in [0.2, 0.25) is 10.0 Å². The van der Waals surface area contributed by atoms with Crippen molar-refractivity contribution in [3.8, 4) is 6.07 Å². The van der Waals surface area contributed by atoms with Gasteiger partial charge >= 0.3 is 0 Å². The zero-order chi connectivity index (χ0) is 14.3. The molecule has 0 saturated carbocycles. The molecule has 19 heavy (non-hydrogen) atoms. The van der Waals surface area contributed by atoms with Gasteiger partial charge < -0.3 is 5.11 Å². The van der Waals surface area contributed by atoms with Crippen LogP contribution < -0.4 is 0 Å². The van der Waals surface area contributed by atoms with E-state index in [4.69, 9.17) is 10.4 Å². The Labute approximate surface area is 114 Å². The van der Waals surface area contributed by atoms with Crippen molar-refractivity contribution in [2.24, 2.45) is 0 Å². The molecule has 0 spiro atoms. The first-order valence-electron chi connectivity index (χ1n) is 6.13. The second-order valence-electron chi connectivity index (χ2n) is 4.05. The number of aliphatic hydroxyl groups excluding tert-OH is 1. The lowest BCUT2D eigenvalue weighted by Crippen LogP contribution is -2.32. The summed E-state index contributed by atoms with van der Waals surface area (Å²) in [4.78, 5) is 0.217. The molecular formula is C13H18N2O3S. The minimum absolute atomic E-state index is 0.0346. The van der Waals surface area contributed by atoms with E-state index in [0.717, 1.165) is 5.56 Å². The van der Waals surface area contributed by atoms with E-state index in [1.54, 1.807) is 19.1 Å². The van der Waals surface area contributed by atoms with Crippen LogP contribution in [-0.4, -0.2) is 37.5 Å². The Hall–Kier alpha value is -1.42. The Morgan fingerprint density at radius 2 is 1.95 bits per heavy atom. The van der Waals surface area contributed by atoms with E-state index < -0.39 is 10.0 Å². The molecule has 1 aromatic rings. The molecule has 0 aliphatic carbocycles. The van der Waals surface area contributed by atoms with Gasteiger partial charge in [-0.1, -0.05) is 19.1 Å². The van der Waals surface area contributed by atoms with Crippen LogP contribution in [0.1, 0.15) is 18.9 Å². The molecule has 0 saturated heterocycles. The van der Waals surface area contributed by atoms with Crippen LogP contribution in [0, 0.1) is 11.3 Å². The molecule has 0 atom stereocenters. The molecular weight excluding hydrogens is 264 g/mol. The molecule has 0 aromatic heterocycles. The molecule has 0 aliphatic rings. The van der Waals surface area contributed by atoms with E-state index >= 15 is 0 Å². The average molecular weight is 282 g/mol. The molecule has 0 unspecified atom stereocenters. The normalized spacial score (nSPS) is 11.5. The van der Waals surface area contributed by atoms with Crippen molar-refractivity contribution in [1.29, 1.82) is 5.26 Å². The zero-order valence-electron chi connectivity index (χ0n) is 10.9. The van der Waals surface area contributed by atoms with Gasteiger partial charge in [0.05, 0.1) is 17.4 Å². The van der Waals surface area contributed by atoms with E-state index in [1.165, 1.54) is 16.4 Å². The highest BCUT2D eigenvalue weighted by atomic mass is 32.2. The van der Waals surface area contributed by atoms with Gasteiger partial charge in [0, 0.05) is 19.7 Å². The number of benzene rings is 1. The van der Waals surface area contributed by atoms with Crippen LogP contribution in [0.25, 0.3) is 0 Å². The van der Waals surface area contributed by atoms with Gasteiger partial charge in [0.25, 0.3) is 0 Å². The predicted octanol–water partition coefficient (Wildman–Crippen LogP) is 1.15. The standard InChI is InChI=1S/C13H18N2O3S/c1-2-15(10-3-11-16)19(17,18)13-6-4-12(5-7-13)8-9-14/h4-7,16H,2-3,8,10-11H2,1H3. The van der Waals surface area contributed by atoms with Gasteiger partial charge in [-0.15, -0.1) is 0 Å². The van der Waals surface area contributed by atoms with Crippen LogP contribution in [0.5, 0.6) is 0 Å². The molecule has 1 rings (SSSR count). The van der Waals surface area contributed by atoms with Crippen LogP contribution in [0.4, 0.5) is 0 Å². The lowest BCUT2D eigenvalue weighted by Gasteiger charge is -2.20. The summed E-state index contributed by atoms with van der Waals surface area (Å²) in [5.74, 6) is 0. The SMILES string of the molecule is CCN(CCCO)S(=O)(=O)c1ccc(CC#N)cc1. The van der Waals surface area contributed by atoms with Crippen molar-refractivity contribution >= 4 is 10.0 Å². The summed E-state index contributed by atoms with van der Waals surface area (Å²) in [6.07, 6.45) is 0.682. The van der Waals surface area contributed by atoms with Crippen LogP contribution >= 0.6 is 0 Å². The van der Waals surface area contributed by atoms with Crippen molar-refractivity contribution < 1.29 is 13.5 Å². The molecule has 1 aromatic carbocycles. The average Bonchev–Trinajstić information content (AvgIpc) is 2.40.